The summed E-state index contributed by atoms with van der Waals surface area (Å²) in [6, 6.07) is 5.38. The van der Waals surface area contributed by atoms with Crippen LogP contribution in [0.2, 0.25) is 0 Å². The quantitative estimate of drug-likeness (QED) is 0.843. The van der Waals surface area contributed by atoms with Crippen molar-refractivity contribution in [1.29, 1.82) is 0 Å². The number of carbonyl (C=O) groups is 1. The molecule has 1 rings (SSSR count). The van der Waals surface area contributed by atoms with Gasteiger partial charge in [-0.1, -0.05) is 22.0 Å². The summed E-state index contributed by atoms with van der Waals surface area (Å²) in [4.78, 5) is 13.5. The van der Waals surface area contributed by atoms with Crippen LogP contribution in [0.5, 0.6) is 0 Å². The maximum Gasteiger partial charge on any atom is 0.337 e. The molecule has 0 bridgehead atoms. The second-order valence-corrected chi connectivity index (χ2v) is 5.98. The van der Waals surface area contributed by atoms with Crippen LogP contribution in [0.3, 0.4) is 0 Å². The number of hydrogen-bond donors (Lipinski definition) is 1. The van der Waals surface area contributed by atoms with Gasteiger partial charge in [-0.05, 0) is 38.6 Å². The van der Waals surface area contributed by atoms with E-state index in [0.717, 1.165) is 10.0 Å². The number of benzene rings is 1. The van der Waals surface area contributed by atoms with Gasteiger partial charge in [-0.15, -0.1) is 0 Å². The molecule has 5 heteroatoms. The number of esters is 1. The van der Waals surface area contributed by atoms with Crippen molar-refractivity contribution in [1.82, 2.24) is 4.90 Å². The molecule has 0 saturated heterocycles. The molecule has 0 aromatic heterocycles. The van der Waals surface area contributed by atoms with Gasteiger partial charge in [0, 0.05) is 16.6 Å². The molecule has 4 nitrogen and oxygen atoms in total. The molecule has 19 heavy (non-hydrogen) atoms. The Bertz CT molecular complexity index is 460. The topological polar surface area (TPSA) is 49.8 Å². The van der Waals surface area contributed by atoms with Gasteiger partial charge in [0.05, 0.1) is 19.3 Å². The van der Waals surface area contributed by atoms with Crippen LogP contribution in [0.4, 0.5) is 0 Å². The van der Waals surface area contributed by atoms with Crippen molar-refractivity contribution in [3.8, 4) is 0 Å². The van der Waals surface area contributed by atoms with E-state index in [0.29, 0.717) is 12.1 Å². The normalized spacial score (nSPS) is 11.7. The minimum atomic E-state index is -0.351. The average molecular weight is 330 g/mol. The molecular weight excluding hydrogens is 310 g/mol. The molecule has 0 amide bonds. The van der Waals surface area contributed by atoms with Gasteiger partial charge in [-0.25, -0.2) is 4.79 Å². The van der Waals surface area contributed by atoms with Crippen LogP contribution in [-0.2, 0) is 11.3 Å². The van der Waals surface area contributed by atoms with E-state index in [9.17, 15) is 9.90 Å². The van der Waals surface area contributed by atoms with Crippen LogP contribution in [0, 0.1) is 0 Å². The van der Waals surface area contributed by atoms with Crippen LogP contribution < -0.4 is 0 Å². The monoisotopic (exact) mass is 329 g/mol. The smallest absolute Gasteiger partial charge is 0.337 e. The Labute approximate surface area is 122 Å². The lowest BCUT2D eigenvalue weighted by Crippen LogP contribution is -2.43. The highest BCUT2D eigenvalue weighted by molar-refractivity contribution is 9.10. The van der Waals surface area contributed by atoms with Crippen LogP contribution in [-0.4, -0.2) is 42.3 Å². The standard InChI is InChI=1S/C14H20BrNO3/c1-14(2,9-17)16(3)8-11-6-5-10(7-12(11)15)13(18)19-4/h5-7,17H,8-9H2,1-4H3. The number of nitrogens with zero attached hydrogens (tertiary/aromatic N) is 1. The summed E-state index contributed by atoms with van der Waals surface area (Å²) in [5.74, 6) is -0.351. The van der Waals surface area contributed by atoms with Gasteiger partial charge in [-0.2, -0.15) is 0 Å². The first kappa shape index (κ1) is 16.1. The molecule has 0 atom stereocenters. The molecule has 0 unspecified atom stereocenters. The van der Waals surface area contributed by atoms with Gasteiger partial charge in [0.2, 0.25) is 0 Å². The number of aliphatic hydroxyl groups is 1. The minimum Gasteiger partial charge on any atom is -0.465 e. The summed E-state index contributed by atoms with van der Waals surface area (Å²) < 4.78 is 5.54. The lowest BCUT2D eigenvalue weighted by molar-refractivity contribution is 0.0600. The average Bonchev–Trinajstić information content (AvgIpc) is 2.39. The number of likely N-dealkylation sites (N-methyl/N-ethyl adjacent to an activating group) is 1. The van der Waals surface area contributed by atoms with Crippen LogP contribution >= 0.6 is 15.9 Å². The molecule has 106 valence electrons. The predicted octanol–water partition coefficient (Wildman–Crippen LogP) is 2.44. The first-order chi connectivity index (χ1) is 8.81. The van der Waals surface area contributed by atoms with E-state index in [1.54, 1.807) is 12.1 Å². The molecule has 0 aliphatic carbocycles. The third kappa shape index (κ3) is 4.03. The lowest BCUT2D eigenvalue weighted by atomic mass is 10.0. The summed E-state index contributed by atoms with van der Waals surface area (Å²) in [7, 11) is 3.32. The largest absolute Gasteiger partial charge is 0.465 e. The summed E-state index contributed by atoms with van der Waals surface area (Å²) in [5, 5.41) is 9.35. The van der Waals surface area contributed by atoms with E-state index in [1.165, 1.54) is 7.11 Å². The van der Waals surface area contributed by atoms with Crippen molar-refractivity contribution in [3.05, 3.63) is 33.8 Å². The Balaban J connectivity index is 2.89. The fourth-order valence-corrected chi connectivity index (χ4v) is 2.01. The Kier molecular flexibility index (Phi) is 5.52. The van der Waals surface area contributed by atoms with Crippen molar-refractivity contribution in [2.24, 2.45) is 0 Å². The second kappa shape index (κ2) is 6.50. The summed E-state index contributed by atoms with van der Waals surface area (Å²) in [6.07, 6.45) is 0. The first-order valence-electron chi connectivity index (χ1n) is 6.00. The highest BCUT2D eigenvalue weighted by Gasteiger charge is 2.23. The van der Waals surface area contributed by atoms with E-state index in [4.69, 9.17) is 0 Å². The van der Waals surface area contributed by atoms with Crippen molar-refractivity contribution >= 4 is 21.9 Å². The zero-order valence-corrected chi connectivity index (χ0v) is 13.3. The van der Waals surface area contributed by atoms with E-state index >= 15 is 0 Å². The number of carbonyl (C=O) groups excluding carboxylic acids is 1. The van der Waals surface area contributed by atoms with Gasteiger partial charge in [-0.3, -0.25) is 4.90 Å². The molecule has 1 N–H and O–H groups in total. The fourth-order valence-electron chi connectivity index (χ4n) is 1.51. The maximum atomic E-state index is 11.4. The molecule has 0 heterocycles. The number of aliphatic hydroxyl groups excluding tert-OH is 1. The van der Waals surface area contributed by atoms with E-state index in [-0.39, 0.29) is 18.1 Å². The van der Waals surface area contributed by atoms with E-state index in [1.807, 2.05) is 27.0 Å². The highest BCUT2D eigenvalue weighted by Crippen LogP contribution is 2.23. The molecule has 1 aromatic carbocycles. The van der Waals surface area contributed by atoms with Crippen molar-refractivity contribution < 1.29 is 14.6 Å². The van der Waals surface area contributed by atoms with Gasteiger partial charge < -0.3 is 9.84 Å². The van der Waals surface area contributed by atoms with Gasteiger partial charge in [0.1, 0.15) is 0 Å². The number of halogens is 1. The third-order valence-corrected chi connectivity index (χ3v) is 4.04. The molecular formula is C14H20BrNO3. The summed E-state index contributed by atoms with van der Waals surface area (Å²) >= 11 is 3.46. The Morgan fingerprint density at radius 3 is 2.58 bits per heavy atom. The van der Waals surface area contributed by atoms with E-state index in [2.05, 4.69) is 25.6 Å². The molecule has 0 fully saturated rings. The highest BCUT2D eigenvalue weighted by atomic mass is 79.9. The lowest BCUT2D eigenvalue weighted by Gasteiger charge is -2.34. The number of ether oxygens (including phenoxy) is 1. The third-order valence-electron chi connectivity index (χ3n) is 3.30. The van der Waals surface area contributed by atoms with Gasteiger partial charge >= 0.3 is 5.97 Å². The van der Waals surface area contributed by atoms with Crippen LogP contribution in [0.25, 0.3) is 0 Å². The van der Waals surface area contributed by atoms with Crippen molar-refractivity contribution in [2.45, 2.75) is 25.9 Å². The number of methoxy groups -OCH3 is 1. The summed E-state index contributed by atoms with van der Waals surface area (Å²) in [6.45, 7) is 4.71. The Hall–Kier alpha value is -0.910. The van der Waals surface area contributed by atoms with Crippen molar-refractivity contribution in [3.63, 3.8) is 0 Å². The molecule has 0 saturated carbocycles. The SMILES string of the molecule is COC(=O)c1ccc(CN(C)C(C)(C)CO)c(Br)c1. The van der Waals surface area contributed by atoms with Gasteiger partial charge in [0.15, 0.2) is 0 Å². The Morgan fingerprint density at radius 1 is 1.47 bits per heavy atom. The van der Waals surface area contributed by atoms with Crippen LogP contribution in [0.1, 0.15) is 29.8 Å². The Morgan fingerprint density at radius 2 is 2.11 bits per heavy atom. The molecule has 0 spiro atoms. The number of rotatable bonds is 5. The first-order valence-corrected chi connectivity index (χ1v) is 6.80. The predicted molar refractivity (Wildman–Crippen MR) is 78.1 cm³/mol. The zero-order chi connectivity index (χ0) is 14.6. The fraction of sp³-hybridized carbons (Fsp3) is 0.500. The molecule has 0 aliphatic rings. The maximum absolute atomic E-state index is 11.4. The van der Waals surface area contributed by atoms with Gasteiger partial charge in [0.25, 0.3) is 0 Å². The van der Waals surface area contributed by atoms with Crippen LogP contribution in [0.15, 0.2) is 22.7 Å². The zero-order valence-electron chi connectivity index (χ0n) is 11.7. The molecule has 0 radical (unpaired) electrons. The minimum absolute atomic E-state index is 0.0847. The molecule has 1 aromatic rings. The number of hydrogen-bond acceptors (Lipinski definition) is 4. The molecule has 0 aliphatic heterocycles. The summed E-state index contributed by atoms with van der Waals surface area (Å²) in [5.41, 5.74) is 1.28. The van der Waals surface area contributed by atoms with Crippen molar-refractivity contribution in [2.75, 3.05) is 20.8 Å². The second-order valence-electron chi connectivity index (χ2n) is 5.12. The van der Waals surface area contributed by atoms with E-state index < -0.39 is 0 Å².